The number of benzene rings is 2. The molecule has 1 amide bonds. The maximum atomic E-state index is 12.1. The summed E-state index contributed by atoms with van der Waals surface area (Å²) in [6.07, 6.45) is 0. The first-order valence-electron chi connectivity index (χ1n) is 6.18. The zero-order chi connectivity index (χ0) is 14.6. The molecule has 0 spiro atoms. The average Bonchev–Trinajstić information content (AvgIpc) is 2.46. The number of esters is 1. The van der Waals surface area contributed by atoms with Gasteiger partial charge >= 0.3 is 5.97 Å². The van der Waals surface area contributed by atoms with Crippen LogP contribution >= 0.6 is 0 Å². The molecule has 102 valence electrons. The van der Waals surface area contributed by atoms with E-state index in [1.165, 1.54) is 6.92 Å². The van der Waals surface area contributed by atoms with Gasteiger partial charge in [0.25, 0.3) is 5.91 Å². The molecule has 0 aliphatic rings. The fourth-order valence-corrected chi connectivity index (χ4v) is 2.18. The van der Waals surface area contributed by atoms with Gasteiger partial charge in [-0.25, -0.2) is 0 Å². The van der Waals surface area contributed by atoms with E-state index < -0.39 is 17.5 Å². The molecule has 0 unspecified atom stereocenters. The molecule has 4 heteroatoms. The van der Waals surface area contributed by atoms with Crippen LogP contribution in [0.4, 0.5) is 0 Å². The monoisotopic (exact) mass is 269 g/mol. The fraction of sp³-hybridized carbons (Fsp3) is 0.125. The van der Waals surface area contributed by atoms with Gasteiger partial charge in [-0.05, 0) is 0 Å². The van der Waals surface area contributed by atoms with Crippen molar-refractivity contribution in [3.05, 3.63) is 71.8 Å². The standard InChI is InChI=1S/C16H15NO3/c1-12(18)20-16(15(17)19,13-8-4-2-5-9-13)14-10-6-3-7-11-14/h2-11H,1H3,(H2,17,19). The minimum atomic E-state index is -1.60. The number of carbonyl (C=O) groups excluding carboxylic acids is 2. The van der Waals surface area contributed by atoms with Crippen LogP contribution in [0, 0.1) is 0 Å². The van der Waals surface area contributed by atoms with Gasteiger partial charge < -0.3 is 10.5 Å². The molecule has 0 aromatic heterocycles. The quantitative estimate of drug-likeness (QED) is 0.863. The molecule has 0 aliphatic heterocycles. The van der Waals surface area contributed by atoms with E-state index >= 15 is 0 Å². The second-order valence-corrected chi connectivity index (χ2v) is 4.37. The third kappa shape index (κ3) is 2.40. The number of hydrogen-bond donors (Lipinski definition) is 1. The molecule has 0 bridgehead atoms. The predicted octanol–water partition coefficient (Wildman–Crippen LogP) is 1.98. The summed E-state index contributed by atoms with van der Waals surface area (Å²) in [5, 5.41) is 0. The number of primary amides is 1. The second kappa shape index (κ2) is 5.57. The van der Waals surface area contributed by atoms with Crippen LogP contribution in [0.5, 0.6) is 0 Å². The highest BCUT2D eigenvalue weighted by Gasteiger charge is 2.43. The van der Waals surface area contributed by atoms with Crippen molar-refractivity contribution >= 4 is 11.9 Å². The number of ether oxygens (including phenoxy) is 1. The fourth-order valence-electron chi connectivity index (χ4n) is 2.18. The van der Waals surface area contributed by atoms with Gasteiger partial charge in [-0.2, -0.15) is 0 Å². The highest BCUT2D eigenvalue weighted by Crippen LogP contribution is 2.33. The predicted molar refractivity (Wildman–Crippen MR) is 74.6 cm³/mol. The lowest BCUT2D eigenvalue weighted by Gasteiger charge is -2.30. The molecule has 2 aromatic carbocycles. The Morgan fingerprint density at radius 2 is 1.30 bits per heavy atom. The minimum absolute atomic E-state index is 0.522. The van der Waals surface area contributed by atoms with E-state index in [-0.39, 0.29) is 0 Å². The summed E-state index contributed by atoms with van der Waals surface area (Å²) >= 11 is 0. The third-order valence-corrected chi connectivity index (χ3v) is 3.00. The van der Waals surface area contributed by atoms with Crippen LogP contribution in [-0.2, 0) is 19.9 Å². The molecule has 2 aromatic rings. The van der Waals surface area contributed by atoms with Gasteiger partial charge in [-0.1, -0.05) is 60.7 Å². The Hall–Kier alpha value is -2.62. The van der Waals surface area contributed by atoms with Crippen molar-refractivity contribution in [2.75, 3.05) is 0 Å². The molecule has 0 radical (unpaired) electrons. The van der Waals surface area contributed by atoms with Gasteiger partial charge in [0.15, 0.2) is 0 Å². The van der Waals surface area contributed by atoms with Crippen LogP contribution in [0.3, 0.4) is 0 Å². The molecule has 0 atom stereocenters. The Morgan fingerprint density at radius 1 is 0.900 bits per heavy atom. The molecule has 0 heterocycles. The largest absolute Gasteiger partial charge is 0.439 e. The van der Waals surface area contributed by atoms with Gasteiger partial charge in [0, 0.05) is 18.1 Å². The van der Waals surface area contributed by atoms with Crippen molar-refractivity contribution in [2.45, 2.75) is 12.5 Å². The first-order chi connectivity index (χ1) is 9.57. The highest BCUT2D eigenvalue weighted by atomic mass is 16.6. The van der Waals surface area contributed by atoms with Gasteiger partial charge in [0.05, 0.1) is 0 Å². The van der Waals surface area contributed by atoms with Crippen LogP contribution < -0.4 is 5.73 Å². The lowest BCUT2D eigenvalue weighted by atomic mass is 9.85. The van der Waals surface area contributed by atoms with E-state index in [0.717, 1.165) is 0 Å². The molecular weight excluding hydrogens is 254 g/mol. The first kappa shape index (κ1) is 13.8. The molecular formula is C16H15NO3. The van der Waals surface area contributed by atoms with Crippen molar-refractivity contribution < 1.29 is 14.3 Å². The zero-order valence-corrected chi connectivity index (χ0v) is 11.1. The summed E-state index contributed by atoms with van der Waals surface area (Å²) in [5.74, 6) is -1.30. The molecule has 0 aliphatic carbocycles. The molecule has 2 rings (SSSR count). The summed E-state index contributed by atoms with van der Waals surface area (Å²) in [5.41, 5.74) is 5.01. The number of carbonyl (C=O) groups is 2. The van der Waals surface area contributed by atoms with Gasteiger partial charge in [-0.15, -0.1) is 0 Å². The normalized spacial score (nSPS) is 10.8. The van der Waals surface area contributed by atoms with Crippen molar-refractivity contribution in [3.8, 4) is 0 Å². The van der Waals surface area contributed by atoms with Crippen molar-refractivity contribution in [3.63, 3.8) is 0 Å². The van der Waals surface area contributed by atoms with Gasteiger partial charge in [0.2, 0.25) is 5.60 Å². The third-order valence-electron chi connectivity index (χ3n) is 3.00. The average molecular weight is 269 g/mol. The second-order valence-electron chi connectivity index (χ2n) is 4.37. The topological polar surface area (TPSA) is 69.4 Å². The molecule has 4 nitrogen and oxygen atoms in total. The SMILES string of the molecule is CC(=O)OC(C(N)=O)(c1ccccc1)c1ccccc1. The maximum absolute atomic E-state index is 12.1. The van der Waals surface area contributed by atoms with Crippen molar-refractivity contribution in [1.82, 2.24) is 0 Å². The smallest absolute Gasteiger partial charge is 0.304 e. The van der Waals surface area contributed by atoms with Crippen LogP contribution in [-0.4, -0.2) is 11.9 Å². The van der Waals surface area contributed by atoms with Gasteiger partial charge in [-0.3, -0.25) is 9.59 Å². The molecule has 0 saturated heterocycles. The Balaban J connectivity index is 2.69. The van der Waals surface area contributed by atoms with Crippen LogP contribution in [0.25, 0.3) is 0 Å². The van der Waals surface area contributed by atoms with E-state index in [9.17, 15) is 9.59 Å². The van der Waals surface area contributed by atoms with E-state index in [4.69, 9.17) is 10.5 Å². The lowest BCUT2D eigenvalue weighted by molar-refractivity contribution is -0.162. The summed E-state index contributed by atoms with van der Waals surface area (Å²) in [7, 11) is 0. The van der Waals surface area contributed by atoms with E-state index in [1.807, 2.05) is 12.1 Å². The van der Waals surface area contributed by atoms with Crippen LogP contribution in [0.1, 0.15) is 18.1 Å². The number of amides is 1. The summed E-state index contributed by atoms with van der Waals surface area (Å²) in [6.45, 7) is 1.25. The van der Waals surface area contributed by atoms with E-state index in [0.29, 0.717) is 11.1 Å². The number of hydrogen-bond acceptors (Lipinski definition) is 3. The lowest BCUT2D eigenvalue weighted by Crippen LogP contribution is -2.45. The van der Waals surface area contributed by atoms with Crippen molar-refractivity contribution in [1.29, 1.82) is 0 Å². The molecule has 20 heavy (non-hydrogen) atoms. The van der Waals surface area contributed by atoms with Crippen molar-refractivity contribution in [2.24, 2.45) is 5.73 Å². The Kier molecular flexibility index (Phi) is 3.84. The van der Waals surface area contributed by atoms with Crippen LogP contribution in [0.15, 0.2) is 60.7 Å². The summed E-state index contributed by atoms with van der Waals surface area (Å²) in [6, 6.07) is 17.5. The Labute approximate surface area is 117 Å². The zero-order valence-electron chi connectivity index (χ0n) is 11.1. The Bertz CT molecular complexity index is 569. The molecule has 0 fully saturated rings. The van der Waals surface area contributed by atoms with Gasteiger partial charge in [0.1, 0.15) is 0 Å². The maximum Gasteiger partial charge on any atom is 0.304 e. The summed E-state index contributed by atoms with van der Waals surface area (Å²) in [4.78, 5) is 23.6. The number of rotatable bonds is 4. The van der Waals surface area contributed by atoms with E-state index in [2.05, 4.69) is 0 Å². The summed E-state index contributed by atoms with van der Waals surface area (Å²) < 4.78 is 5.36. The first-order valence-corrected chi connectivity index (χ1v) is 6.18. The highest BCUT2D eigenvalue weighted by molar-refractivity contribution is 5.91. The molecule has 2 N–H and O–H groups in total. The number of nitrogens with two attached hydrogens (primary N) is 1. The minimum Gasteiger partial charge on any atom is -0.439 e. The van der Waals surface area contributed by atoms with E-state index in [1.54, 1.807) is 48.5 Å². The molecule has 0 saturated carbocycles. The van der Waals surface area contributed by atoms with Crippen LogP contribution in [0.2, 0.25) is 0 Å². The Morgan fingerprint density at radius 3 is 1.60 bits per heavy atom.